The topological polar surface area (TPSA) is 84.8 Å². The number of ketones is 1. The standard InChI is InChI=1S/C22H23N3O3/c1-4-25-20-19(21(27)24-22(25)28)16-9-15(10-18(26)17(16)11-23-20)14-7-5-13(6-8-14)12(2)3/h5-8,11-12,15H,4,9-10H2,1-3H3,(H,24,27,28)/t15-/m1/s1. The molecule has 0 aliphatic heterocycles. The van der Waals surface area contributed by atoms with E-state index >= 15 is 0 Å². The summed E-state index contributed by atoms with van der Waals surface area (Å²) in [6.45, 7) is 6.51. The third-order valence-electron chi connectivity index (χ3n) is 5.69. The molecule has 3 aromatic rings. The molecule has 4 rings (SSSR count). The van der Waals surface area contributed by atoms with E-state index in [2.05, 4.69) is 48.1 Å². The number of rotatable bonds is 3. The number of carbonyl (C=O) groups is 1. The zero-order valence-corrected chi connectivity index (χ0v) is 16.3. The van der Waals surface area contributed by atoms with Crippen molar-refractivity contribution in [3.63, 3.8) is 0 Å². The van der Waals surface area contributed by atoms with Gasteiger partial charge in [0.15, 0.2) is 5.78 Å². The van der Waals surface area contributed by atoms with Gasteiger partial charge in [-0.15, -0.1) is 0 Å². The number of fused-ring (bicyclic) bond motifs is 3. The Morgan fingerprint density at radius 2 is 1.86 bits per heavy atom. The minimum absolute atomic E-state index is 0.00761. The summed E-state index contributed by atoms with van der Waals surface area (Å²) < 4.78 is 1.43. The third-order valence-corrected chi connectivity index (χ3v) is 5.69. The molecule has 2 heterocycles. The van der Waals surface area contributed by atoms with Gasteiger partial charge in [0, 0.05) is 24.7 Å². The maximum Gasteiger partial charge on any atom is 0.329 e. The average Bonchev–Trinajstić information content (AvgIpc) is 2.67. The summed E-state index contributed by atoms with van der Waals surface area (Å²) in [5, 5.41) is 0.357. The molecule has 0 fully saturated rings. The van der Waals surface area contributed by atoms with Crippen LogP contribution in [-0.2, 0) is 13.0 Å². The summed E-state index contributed by atoms with van der Waals surface area (Å²) in [7, 11) is 0. The lowest BCUT2D eigenvalue weighted by Gasteiger charge is -2.25. The molecule has 0 unspecified atom stereocenters. The van der Waals surface area contributed by atoms with Gasteiger partial charge in [0.05, 0.1) is 5.39 Å². The zero-order chi connectivity index (χ0) is 20.0. The molecule has 6 nitrogen and oxygen atoms in total. The van der Waals surface area contributed by atoms with Crippen LogP contribution in [-0.4, -0.2) is 20.3 Å². The highest BCUT2D eigenvalue weighted by atomic mass is 16.2. The molecule has 0 bridgehead atoms. The number of hydrogen-bond acceptors (Lipinski definition) is 4. The maximum atomic E-state index is 12.8. The van der Waals surface area contributed by atoms with Crippen LogP contribution >= 0.6 is 0 Å². The van der Waals surface area contributed by atoms with E-state index in [0.29, 0.717) is 47.5 Å². The molecule has 0 amide bonds. The summed E-state index contributed by atoms with van der Waals surface area (Å²) in [5.41, 5.74) is 2.93. The molecule has 28 heavy (non-hydrogen) atoms. The van der Waals surface area contributed by atoms with Crippen LogP contribution in [0.5, 0.6) is 0 Å². The van der Waals surface area contributed by atoms with Crippen LogP contribution in [0.15, 0.2) is 40.1 Å². The van der Waals surface area contributed by atoms with Crippen LogP contribution in [0.2, 0.25) is 0 Å². The maximum absolute atomic E-state index is 12.8. The number of benzene rings is 1. The smallest absolute Gasteiger partial charge is 0.294 e. The van der Waals surface area contributed by atoms with E-state index in [1.165, 1.54) is 16.3 Å². The van der Waals surface area contributed by atoms with Crippen molar-refractivity contribution in [2.45, 2.75) is 52.0 Å². The van der Waals surface area contributed by atoms with E-state index in [1.807, 2.05) is 6.92 Å². The molecule has 1 aliphatic carbocycles. The summed E-state index contributed by atoms with van der Waals surface area (Å²) in [6.07, 6.45) is 2.49. The van der Waals surface area contributed by atoms with Crippen LogP contribution in [0.4, 0.5) is 0 Å². The lowest BCUT2D eigenvalue weighted by molar-refractivity contribution is 0.0964. The second kappa shape index (κ2) is 6.86. The second-order valence-electron chi connectivity index (χ2n) is 7.70. The Hall–Kier alpha value is -3.02. The fraction of sp³-hybridized carbons (Fsp3) is 0.364. The van der Waals surface area contributed by atoms with Gasteiger partial charge in [0.25, 0.3) is 5.56 Å². The van der Waals surface area contributed by atoms with Gasteiger partial charge in [-0.25, -0.2) is 9.78 Å². The molecule has 0 radical (unpaired) electrons. The van der Waals surface area contributed by atoms with Crippen molar-refractivity contribution in [2.75, 3.05) is 0 Å². The van der Waals surface area contributed by atoms with Gasteiger partial charge >= 0.3 is 5.69 Å². The summed E-state index contributed by atoms with van der Waals surface area (Å²) in [4.78, 5) is 44.1. The molecule has 1 N–H and O–H groups in total. The molecular weight excluding hydrogens is 354 g/mol. The number of aromatic nitrogens is 3. The van der Waals surface area contributed by atoms with E-state index in [9.17, 15) is 14.4 Å². The monoisotopic (exact) mass is 377 g/mol. The van der Waals surface area contributed by atoms with E-state index in [0.717, 1.165) is 5.56 Å². The Balaban J connectivity index is 1.86. The minimum atomic E-state index is -0.476. The number of carbonyl (C=O) groups excluding carboxylic acids is 1. The molecule has 0 saturated carbocycles. The highest BCUT2D eigenvalue weighted by Crippen LogP contribution is 2.35. The average molecular weight is 377 g/mol. The van der Waals surface area contributed by atoms with Gasteiger partial charge < -0.3 is 0 Å². The number of H-pyrrole nitrogens is 1. The quantitative estimate of drug-likeness (QED) is 0.760. The number of aromatic amines is 1. The van der Waals surface area contributed by atoms with Crippen molar-refractivity contribution in [2.24, 2.45) is 0 Å². The fourth-order valence-electron chi connectivity index (χ4n) is 4.09. The molecule has 0 saturated heterocycles. The number of Topliss-reactive ketones (excluding diaryl/α,β-unsaturated/α-hetero) is 1. The van der Waals surface area contributed by atoms with Crippen LogP contribution in [0.1, 0.15) is 66.1 Å². The van der Waals surface area contributed by atoms with Crippen molar-refractivity contribution in [1.82, 2.24) is 14.5 Å². The number of pyridine rings is 1. The molecule has 1 aromatic carbocycles. The van der Waals surface area contributed by atoms with E-state index in [-0.39, 0.29) is 11.7 Å². The molecule has 6 heteroatoms. The minimum Gasteiger partial charge on any atom is -0.294 e. The highest BCUT2D eigenvalue weighted by molar-refractivity contribution is 6.02. The number of nitrogens with zero attached hydrogens (tertiary/aromatic N) is 2. The first kappa shape index (κ1) is 18.3. The van der Waals surface area contributed by atoms with Gasteiger partial charge in [-0.1, -0.05) is 38.1 Å². The first-order valence-corrected chi connectivity index (χ1v) is 9.68. The number of aryl methyl sites for hydroxylation is 1. The summed E-state index contributed by atoms with van der Waals surface area (Å²) in [6, 6.07) is 8.36. The fourth-order valence-corrected chi connectivity index (χ4v) is 4.09. The molecule has 144 valence electrons. The Bertz CT molecular complexity index is 1190. The zero-order valence-electron chi connectivity index (χ0n) is 16.3. The predicted molar refractivity (Wildman–Crippen MR) is 108 cm³/mol. The Morgan fingerprint density at radius 3 is 2.50 bits per heavy atom. The van der Waals surface area contributed by atoms with E-state index in [1.54, 1.807) is 0 Å². The van der Waals surface area contributed by atoms with E-state index in [4.69, 9.17) is 0 Å². The molecule has 1 aliphatic rings. The number of nitrogens with one attached hydrogen (secondary N) is 1. The van der Waals surface area contributed by atoms with Crippen molar-refractivity contribution in [3.8, 4) is 0 Å². The van der Waals surface area contributed by atoms with Gasteiger partial charge in [-0.3, -0.25) is 19.1 Å². The van der Waals surface area contributed by atoms with Crippen molar-refractivity contribution >= 4 is 16.8 Å². The number of hydrogen-bond donors (Lipinski definition) is 1. The van der Waals surface area contributed by atoms with Crippen LogP contribution in [0, 0.1) is 0 Å². The largest absolute Gasteiger partial charge is 0.329 e. The predicted octanol–water partition coefficient (Wildman–Crippen LogP) is 3.14. The lowest BCUT2D eigenvalue weighted by atomic mass is 9.79. The summed E-state index contributed by atoms with van der Waals surface area (Å²) in [5.74, 6) is 0.442. The first-order valence-electron chi connectivity index (χ1n) is 9.68. The van der Waals surface area contributed by atoms with Gasteiger partial charge in [-0.05, 0) is 41.9 Å². The first-order chi connectivity index (χ1) is 13.4. The Morgan fingerprint density at radius 1 is 1.14 bits per heavy atom. The highest BCUT2D eigenvalue weighted by Gasteiger charge is 2.29. The van der Waals surface area contributed by atoms with Crippen LogP contribution in [0.3, 0.4) is 0 Å². The molecule has 2 aromatic heterocycles. The molecule has 0 spiro atoms. The Labute approximate surface area is 162 Å². The van der Waals surface area contributed by atoms with Crippen LogP contribution in [0.25, 0.3) is 11.0 Å². The van der Waals surface area contributed by atoms with Crippen LogP contribution < -0.4 is 11.2 Å². The van der Waals surface area contributed by atoms with E-state index < -0.39 is 11.2 Å². The summed E-state index contributed by atoms with van der Waals surface area (Å²) >= 11 is 0. The molecule has 1 atom stereocenters. The second-order valence-corrected chi connectivity index (χ2v) is 7.70. The normalized spacial score (nSPS) is 16.6. The third kappa shape index (κ3) is 2.89. The van der Waals surface area contributed by atoms with Gasteiger partial charge in [0.2, 0.25) is 0 Å². The molecular formula is C22H23N3O3. The Kier molecular flexibility index (Phi) is 4.49. The van der Waals surface area contributed by atoms with Crippen molar-refractivity contribution in [3.05, 3.63) is 73.6 Å². The SMILES string of the molecule is CCn1c(=O)[nH]c(=O)c2c3c(cnc21)C(=O)C[C@H](c1ccc(C(C)C)cc1)C3. The van der Waals surface area contributed by atoms with Gasteiger partial charge in [-0.2, -0.15) is 0 Å². The van der Waals surface area contributed by atoms with Gasteiger partial charge in [0.1, 0.15) is 5.65 Å². The lowest BCUT2D eigenvalue weighted by Crippen LogP contribution is -2.32. The van der Waals surface area contributed by atoms with Crippen molar-refractivity contribution in [1.29, 1.82) is 0 Å². The van der Waals surface area contributed by atoms with Crippen molar-refractivity contribution < 1.29 is 4.79 Å².